The van der Waals surface area contributed by atoms with Crippen LogP contribution in [0.15, 0.2) is 0 Å². The van der Waals surface area contributed by atoms with E-state index in [1.165, 1.54) is 0 Å². The van der Waals surface area contributed by atoms with Crippen LogP contribution in [0.4, 0.5) is 0 Å². The second-order valence-corrected chi connectivity index (χ2v) is 0. The molecule has 0 amide bonds. The fourth-order valence-corrected chi connectivity index (χ4v) is 0. The van der Waals surface area contributed by atoms with E-state index in [1.54, 1.807) is 0 Å². The Labute approximate surface area is 114 Å². The average Bonchev–Trinajstić information content (AvgIpc) is 1.00. The summed E-state index contributed by atoms with van der Waals surface area (Å²) in [5.41, 5.74) is 0. The van der Waals surface area contributed by atoms with Gasteiger partial charge < -0.3 is 0 Å². The Kier molecular flexibility index (Phi) is 62.6. The normalized spacial score (nSPS) is 0.750. The fourth-order valence-electron chi connectivity index (χ4n) is 0. The summed E-state index contributed by atoms with van der Waals surface area (Å²) in [6.45, 7) is 0. The molecule has 0 aliphatic heterocycles. The van der Waals surface area contributed by atoms with Crippen LogP contribution >= 0.6 is 0 Å². The molecule has 14 valence electrons. The van der Waals surface area contributed by atoms with E-state index in [-0.39, 0.29) is 94.4 Å². The maximum atomic E-state index is 8.25. The van der Waals surface area contributed by atoms with Gasteiger partial charge in [0, 0.05) is 94.4 Å². The van der Waals surface area contributed by atoms with Gasteiger partial charge in [-0.05, 0) is 0 Å². The molecule has 0 spiro atoms. The maximum Gasteiger partial charge on any atom is 0 e. The molecule has 0 aromatic heterocycles. The first kappa shape index (κ1) is 15.6. The molecule has 0 aromatic carbocycles. The molecule has 1 nitrogen and oxygen atoms in total. The van der Waals surface area contributed by atoms with Gasteiger partial charge in [0.25, 0.3) is 0 Å². The molecule has 0 saturated carbocycles. The molecule has 0 saturated heterocycles. The minimum absolute atomic E-state index is 0. The third kappa shape index (κ3) is 9.13. The van der Waals surface area contributed by atoms with E-state index in [1.807, 2.05) is 0 Å². The summed E-state index contributed by atoms with van der Waals surface area (Å²) in [5, 5.41) is 0. The van der Waals surface area contributed by atoms with E-state index in [0.717, 1.165) is 20.4 Å². The smallest absolute Gasteiger partial charge is 0 e. The van der Waals surface area contributed by atoms with Crippen molar-refractivity contribution in [3.63, 3.8) is 0 Å². The van der Waals surface area contributed by atoms with Gasteiger partial charge in [0.05, 0.1) is 0 Å². The van der Waals surface area contributed by atoms with Crippen molar-refractivity contribution in [2.45, 2.75) is 0 Å². The fraction of sp³-hybridized carbons (Fsp3) is 0. The molecule has 4 radical (unpaired) electrons. The Morgan fingerprint density at radius 2 is 1.25 bits per heavy atom. The van der Waals surface area contributed by atoms with Gasteiger partial charge in [-0.25, -0.2) is 0 Å². The topological polar surface area (TPSA) is 17.1 Å². The van der Waals surface area contributed by atoms with Gasteiger partial charge in [-0.3, -0.25) is 0 Å². The number of hydrogen-bond acceptors (Lipinski definition) is 1. The van der Waals surface area contributed by atoms with Gasteiger partial charge in [-0.15, -0.1) is 0 Å². The monoisotopic (exact) mass is 290 g/mol. The molecule has 0 atom stereocenters. The predicted octanol–water partition coefficient (Wildman–Crippen LogP) is -0.883. The van der Waals surface area contributed by atoms with E-state index in [4.69, 9.17) is 3.32 Å². The van der Waals surface area contributed by atoms with Crippen LogP contribution in [0.25, 0.3) is 0 Å². The van der Waals surface area contributed by atoms with Crippen molar-refractivity contribution in [1.29, 1.82) is 0 Å². The summed E-state index contributed by atoms with van der Waals surface area (Å²) >= 11 is 0.750. The Morgan fingerprint density at radius 1 is 1.25 bits per heavy atom. The largest absolute Gasteiger partial charge is 0 e. The van der Waals surface area contributed by atoms with E-state index in [2.05, 4.69) is 0 Å². The minimum atomic E-state index is 0. The molecule has 0 heterocycles. The second-order valence-electron chi connectivity index (χ2n) is 0. The predicted molar refractivity (Wildman–Crippen MR) is 12.2 cm³/mol. The van der Waals surface area contributed by atoms with Gasteiger partial charge in [0.1, 0.15) is 0 Å². The van der Waals surface area contributed by atoms with Crippen LogP contribution in [0.3, 0.4) is 0 Å². The van der Waals surface area contributed by atoms with Crippen LogP contribution in [0.1, 0.15) is 0 Å². The molecule has 4 heteroatoms. The summed E-state index contributed by atoms with van der Waals surface area (Å²) < 4.78 is 8.25. The van der Waals surface area contributed by atoms with Crippen LogP contribution in [-0.2, 0) is 23.7 Å². The summed E-state index contributed by atoms with van der Waals surface area (Å²) in [7, 11) is 0. The molecule has 0 rings (SSSR count). The first-order valence-electron chi connectivity index (χ1n) is 0.204. The zero-order valence-electron chi connectivity index (χ0n) is 2.32. The van der Waals surface area contributed by atoms with Crippen LogP contribution < -0.4 is 0 Å². The molecule has 0 bridgehead atoms. The maximum absolute atomic E-state index is 8.25. The molecule has 0 aliphatic rings. The zero-order valence-corrected chi connectivity index (χ0v) is 11.8. The number of rotatable bonds is 0. The van der Waals surface area contributed by atoms with E-state index >= 15 is 0 Å². The van der Waals surface area contributed by atoms with Crippen LogP contribution in [0.2, 0.25) is 0 Å². The van der Waals surface area contributed by atoms with Gasteiger partial charge in [0.2, 0.25) is 0 Å². The Bertz CT molecular complexity index is 8.00. The first-order valence-corrected chi connectivity index (χ1v) is 0.842. The van der Waals surface area contributed by atoms with Crippen molar-refractivity contribution in [3.8, 4) is 0 Å². The molecule has 0 fully saturated rings. The van der Waals surface area contributed by atoms with Crippen molar-refractivity contribution in [1.82, 2.24) is 0 Å². The van der Waals surface area contributed by atoms with E-state index in [0.29, 0.717) is 0 Å². The molecular weight excluding hydrogens is 289 g/mol. The minimum Gasteiger partial charge on any atom is 0 e. The number of hydrogen-bond donors (Lipinski definition) is 0. The Balaban J connectivity index is -0.00000000500. The molecule has 0 N–H and O–H groups in total. The molecule has 0 unspecified atom stereocenters. The van der Waals surface area contributed by atoms with Crippen LogP contribution in [-0.4, -0.2) is 94.4 Å². The Hall–Kier alpha value is 3.57. The first-order chi connectivity index (χ1) is 1.00. The summed E-state index contributed by atoms with van der Waals surface area (Å²) in [5.74, 6) is 0. The van der Waals surface area contributed by atoms with Gasteiger partial charge in [-0.1, -0.05) is 0 Å². The molecule has 0 aromatic rings. The zero-order chi connectivity index (χ0) is 2.00. The van der Waals surface area contributed by atoms with Gasteiger partial charge >= 0.3 is 23.7 Å². The van der Waals surface area contributed by atoms with E-state index < -0.39 is 0 Å². The molecular formula is BaOSrTi. The van der Waals surface area contributed by atoms with E-state index in [9.17, 15) is 0 Å². The third-order valence-corrected chi connectivity index (χ3v) is 0. The summed E-state index contributed by atoms with van der Waals surface area (Å²) in [4.78, 5) is 0. The quantitative estimate of drug-likeness (QED) is 0.529. The van der Waals surface area contributed by atoms with Crippen molar-refractivity contribution < 1.29 is 23.7 Å². The van der Waals surface area contributed by atoms with Crippen molar-refractivity contribution in [3.05, 3.63) is 0 Å². The van der Waals surface area contributed by atoms with Crippen molar-refractivity contribution in [2.75, 3.05) is 0 Å². The standard InChI is InChI=1S/Ba.O.Sr.Ti. The molecule has 4 heavy (non-hydrogen) atoms. The second kappa shape index (κ2) is 16.0. The van der Waals surface area contributed by atoms with Crippen LogP contribution in [0.5, 0.6) is 0 Å². The average molecular weight is 289 g/mol. The van der Waals surface area contributed by atoms with Gasteiger partial charge in [-0.2, -0.15) is 0 Å². The van der Waals surface area contributed by atoms with Gasteiger partial charge in [0.15, 0.2) is 0 Å². The van der Waals surface area contributed by atoms with Crippen molar-refractivity contribution >= 4 is 94.4 Å². The summed E-state index contributed by atoms with van der Waals surface area (Å²) in [6.07, 6.45) is 0. The summed E-state index contributed by atoms with van der Waals surface area (Å²) in [6, 6.07) is 0. The van der Waals surface area contributed by atoms with Crippen LogP contribution in [0, 0.1) is 0 Å². The van der Waals surface area contributed by atoms with Crippen molar-refractivity contribution in [2.24, 2.45) is 0 Å². The SMILES string of the molecule is [Ba].[O]=[Ti].[Sr]. The Morgan fingerprint density at radius 3 is 1.25 bits per heavy atom. The molecule has 0 aliphatic carbocycles. The third-order valence-electron chi connectivity index (χ3n) is 0.